The van der Waals surface area contributed by atoms with Crippen molar-refractivity contribution < 1.29 is 12.6 Å². The van der Waals surface area contributed by atoms with Crippen molar-refractivity contribution in [1.29, 1.82) is 0 Å². The summed E-state index contributed by atoms with van der Waals surface area (Å²) in [5, 5.41) is 0. The summed E-state index contributed by atoms with van der Waals surface area (Å²) in [6, 6.07) is 0. The molecule has 0 rings (SSSR count). The van der Waals surface area contributed by atoms with E-state index in [1.165, 1.54) is 64.2 Å². The number of hydrogen-bond donors (Lipinski definition) is 1. The predicted molar refractivity (Wildman–Crippen MR) is 102 cm³/mol. The van der Waals surface area contributed by atoms with E-state index in [9.17, 15) is 8.42 Å². The molecule has 0 aromatic carbocycles. The second-order valence-corrected chi connectivity index (χ2v) is 7.90. The third kappa shape index (κ3) is 19.3. The monoisotopic (exact) mass is 362 g/mol. The summed E-state index contributed by atoms with van der Waals surface area (Å²) in [6.07, 6.45) is 15.3. The molecule has 130 valence electrons. The first-order valence-electron chi connectivity index (χ1n) is 8.60. The molecule has 0 aromatic heterocycles. The van der Waals surface area contributed by atoms with E-state index in [2.05, 4.69) is 19.6 Å². The quantitative estimate of drug-likeness (QED) is 0.192. The van der Waals surface area contributed by atoms with Gasteiger partial charge in [-0.3, -0.25) is 4.18 Å². The summed E-state index contributed by atoms with van der Waals surface area (Å²) < 4.78 is 27.4. The average molecular weight is 363 g/mol. The molecule has 0 aliphatic heterocycles. The van der Waals surface area contributed by atoms with E-state index >= 15 is 0 Å². The molecule has 0 saturated heterocycles. The van der Waals surface area contributed by atoms with Crippen molar-refractivity contribution in [3.8, 4) is 0 Å². The summed E-state index contributed by atoms with van der Waals surface area (Å²) in [4.78, 5) is 0. The maximum absolute atomic E-state index is 11.3. The van der Waals surface area contributed by atoms with Crippen LogP contribution in [0.15, 0.2) is 0 Å². The molecule has 0 aromatic rings. The standard InChI is InChI=1S/C16H34O3S2.Na.H/c1-2-3-4-5-6-7-8-9-10-11-12-13-14-19-21(17,18)16-15-20;;/h20H,2-16H2,1H3;;. The van der Waals surface area contributed by atoms with Gasteiger partial charge < -0.3 is 0 Å². The van der Waals surface area contributed by atoms with Gasteiger partial charge in [-0.2, -0.15) is 21.0 Å². The van der Waals surface area contributed by atoms with Crippen molar-refractivity contribution in [3.05, 3.63) is 0 Å². The Morgan fingerprint density at radius 3 is 1.59 bits per heavy atom. The van der Waals surface area contributed by atoms with Gasteiger partial charge in [-0.15, -0.1) is 0 Å². The molecule has 3 nitrogen and oxygen atoms in total. The van der Waals surface area contributed by atoms with Crippen molar-refractivity contribution in [2.24, 2.45) is 0 Å². The number of hydrogen-bond acceptors (Lipinski definition) is 4. The molecular weight excluding hydrogens is 327 g/mol. The Morgan fingerprint density at radius 2 is 1.18 bits per heavy atom. The SMILES string of the molecule is CCCCCCCCCCCCCCOS(=O)(=O)CCS.[NaH]. The van der Waals surface area contributed by atoms with Crippen LogP contribution in [-0.2, 0) is 14.3 Å². The molecule has 22 heavy (non-hydrogen) atoms. The van der Waals surface area contributed by atoms with Crippen LogP contribution in [0.2, 0.25) is 0 Å². The molecule has 0 aliphatic carbocycles. The molecular formula is C16H35NaO3S2. The second-order valence-electron chi connectivity index (χ2n) is 5.70. The molecule has 0 spiro atoms. The zero-order chi connectivity index (χ0) is 15.8. The van der Waals surface area contributed by atoms with Crippen LogP contribution in [0.25, 0.3) is 0 Å². The van der Waals surface area contributed by atoms with Crippen LogP contribution in [0.1, 0.15) is 84.0 Å². The molecule has 0 N–H and O–H groups in total. The molecule has 0 aliphatic rings. The van der Waals surface area contributed by atoms with Crippen LogP contribution in [-0.4, -0.2) is 56.1 Å². The molecule has 0 fully saturated rings. The Bertz CT molecular complexity index is 309. The summed E-state index contributed by atoms with van der Waals surface area (Å²) in [6.45, 7) is 2.58. The first-order chi connectivity index (χ1) is 10.1. The van der Waals surface area contributed by atoms with E-state index in [4.69, 9.17) is 4.18 Å². The van der Waals surface area contributed by atoms with Crippen LogP contribution < -0.4 is 0 Å². The van der Waals surface area contributed by atoms with Gasteiger partial charge >= 0.3 is 29.6 Å². The van der Waals surface area contributed by atoms with Crippen molar-refractivity contribution >= 4 is 52.3 Å². The third-order valence-corrected chi connectivity index (χ3v) is 5.36. The molecule has 0 unspecified atom stereocenters. The van der Waals surface area contributed by atoms with Crippen molar-refractivity contribution in [2.75, 3.05) is 18.1 Å². The van der Waals surface area contributed by atoms with E-state index < -0.39 is 10.1 Å². The maximum atomic E-state index is 11.3. The van der Waals surface area contributed by atoms with E-state index in [1.807, 2.05) is 0 Å². The minimum absolute atomic E-state index is 0. The van der Waals surface area contributed by atoms with Crippen LogP contribution in [0, 0.1) is 0 Å². The van der Waals surface area contributed by atoms with E-state index in [0.29, 0.717) is 12.4 Å². The van der Waals surface area contributed by atoms with E-state index in [-0.39, 0.29) is 35.3 Å². The average Bonchev–Trinajstić information content (AvgIpc) is 2.44. The fraction of sp³-hybridized carbons (Fsp3) is 1.00. The van der Waals surface area contributed by atoms with Crippen LogP contribution in [0.3, 0.4) is 0 Å². The van der Waals surface area contributed by atoms with Gasteiger partial charge in [0.2, 0.25) is 0 Å². The van der Waals surface area contributed by atoms with Crippen LogP contribution >= 0.6 is 12.6 Å². The Balaban J connectivity index is 0. The zero-order valence-electron chi connectivity index (χ0n) is 13.7. The fourth-order valence-corrected chi connectivity index (χ4v) is 3.68. The van der Waals surface area contributed by atoms with Gasteiger partial charge in [0.25, 0.3) is 10.1 Å². The first-order valence-corrected chi connectivity index (χ1v) is 10.8. The number of thiol groups is 1. The summed E-state index contributed by atoms with van der Waals surface area (Å²) >= 11 is 3.90. The predicted octanol–water partition coefficient (Wildman–Crippen LogP) is 4.32. The molecule has 0 heterocycles. The van der Waals surface area contributed by atoms with Gasteiger partial charge in [0.1, 0.15) is 0 Å². The Hall–Kier alpha value is 1.26. The topological polar surface area (TPSA) is 43.4 Å². The Kier molecular flexibility index (Phi) is 21.6. The Labute approximate surface area is 166 Å². The van der Waals surface area contributed by atoms with Gasteiger partial charge in [-0.25, -0.2) is 0 Å². The van der Waals surface area contributed by atoms with Crippen molar-refractivity contribution in [1.82, 2.24) is 0 Å². The van der Waals surface area contributed by atoms with Gasteiger partial charge in [0, 0.05) is 5.75 Å². The van der Waals surface area contributed by atoms with Gasteiger partial charge in [0.15, 0.2) is 0 Å². The van der Waals surface area contributed by atoms with Crippen LogP contribution in [0.5, 0.6) is 0 Å². The molecule has 0 atom stereocenters. The summed E-state index contributed by atoms with van der Waals surface area (Å²) in [5.74, 6) is 0.329. The van der Waals surface area contributed by atoms with E-state index in [0.717, 1.165) is 12.8 Å². The van der Waals surface area contributed by atoms with Crippen molar-refractivity contribution in [3.63, 3.8) is 0 Å². The number of unbranched alkanes of at least 4 members (excludes halogenated alkanes) is 11. The minimum atomic E-state index is -3.32. The zero-order valence-corrected chi connectivity index (χ0v) is 15.4. The Morgan fingerprint density at radius 1 is 0.773 bits per heavy atom. The summed E-state index contributed by atoms with van der Waals surface area (Å²) in [5.41, 5.74) is 0. The summed E-state index contributed by atoms with van der Waals surface area (Å²) in [7, 11) is -3.32. The molecule has 0 radical (unpaired) electrons. The fourth-order valence-electron chi connectivity index (χ4n) is 2.30. The van der Waals surface area contributed by atoms with Crippen molar-refractivity contribution in [2.45, 2.75) is 84.0 Å². The molecule has 0 amide bonds. The number of rotatable bonds is 16. The second kappa shape index (κ2) is 18.6. The normalized spacial score (nSPS) is 11.4. The molecule has 0 saturated carbocycles. The molecule has 0 bridgehead atoms. The first kappa shape index (κ1) is 25.5. The van der Waals surface area contributed by atoms with E-state index in [1.54, 1.807) is 0 Å². The van der Waals surface area contributed by atoms with Gasteiger partial charge in [0.05, 0.1) is 12.4 Å². The van der Waals surface area contributed by atoms with Crippen LogP contribution in [0.4, 0.5) is 0 Å². The van der Waals surface area contributed by atoms with Gasteiger partial charge in [-0.1, -0.05) is 77.6 Å². The van der Waals surface area contributed by atoms with Gasteiger partial charge in [-0.05, 0) is 6.42 Å². The third-order valence-electron chi connectivity index (χ3n) is 3.60. The molecule has 6 heteroatoms.